The van der Waals surface area contributed by atoms with Crippen molar-refractivity contribution in [2.45, 2.75) is 19.6 Å². The number of aromatic hydroxyl groups is 1. The van der Waals surface area contributed by atoms with Crippen LogP contribution in [0.25, 0.3) is 0 Å². The average Bonchev–Trinajstić information content (AvgIpc) is 2.12. The number of rotatable bonds is 0. The Labute approximate surface area is 76.0 Å². The van der Waals surface area contributed by atoms with Gasteiger partial charge in [0.15, 0.2) is 5.78 Å². The molecule has 2 rings (SSSR count). The molecule has 3 heteroatoms. The van der Waals surface area contributed by atoms with Crippen LogP contribution in [0.5, 0.6) is 5.75 Å². The number of carbonyl (C=O) groups is 1. The Morgan fingerprint density at radius 2 is 2.31 bits per heavy atom. The topological polar surface area (TPSA) is 46.5 Å². The zero-order valence-electron chi connectivity index (χ0n) is 7.28. The van der Waals surface area contributed by atoms with E-state index in [1.807, 2.05) is 0 Å². The van der Waals surface area contributed by atoms with Gasteiger partial charge < -0.3 is 9.84 Å². The lowest BCUT2D eigenvalue weighted by Gasteiger charge is -2.20. The van der Waals surface area contributed by atoms with Crippen molar-refractivity contribution in [1.82, 2.24) is 0 Å². The third-order valence-corrected chi connectivity index (χ3v) is 2.21. The molecule has 1 unspecified atom stereocenters. The Hall–Kier alpha value is -1.35. The van der Waals surface area contributed by atoms with Crippen molar-refractivity contribution in [3.63, 3.8) is 0 Å². The second kappa shape index (κ2) is 2.85. The second-order valence-electron chi connectivity index (χ2n) is 3.16. The summed E-state index contributed by atoms with van der Waals surface area (Å²) in [4.78, 5) is 11.5. The van der Waals surface area contributed by atoms with Crippen LogP contribution in [0.4, 0.5) is 0 Å². The number of carbonyl (C=O) groups excluding carboxylic acids is 1. The van der Waals surface area contributed by atoms with Gasteiger partial charge in [-0.1, -0.05) is 0 Å². The first kappa shape index (κ1) is 8.26. The molecule has 3 nitrogen and oxygen atoms in total. The largest absolute Gasteiger partial charge is 0.508 e. The Bertz CT molecular complexity index is 357. The summed E-state index contributed by atoms with van der Waals surface area (Å²) < 4.78 is 5.21. The van der Waals surface area contributed by atoms with Gasteiger partial charge in [0.2, 0.25) is 0 Å². The number of Topliss-reactive ketones (excluding diaryl/α,β-unsaturated/α-hetero) is 1. The minimum atomic E-state index is -0.364. The first-order chi connectivity index (χ1) is 6.18. The summed E-state index contributed by atoms with van der Waals surface area (Å²) in [5.74, 6) is 0.158. The van der Waals surface area contributed by atoms with Gasteiger partial charge in [-0.2, -0.15) is 0 Å². The number of fused-ring (bicyclic) bond motifs is 1. The molecule has 0 radical (unpaired) electrons. The first-order valence-corrected chi connectivity index (χ1v) is 4.16. The highest BCUT2D eigenvalue weighted by atomic mass is 16.5. The van der Waals surface area contributed by atoms with Gasteiger partial charge in [-0.05, 0) is 30.7 Å². The molecule has 1 aromatic rings. The number of hydrogen-bond acceptors (Lipinski definition) is 3. The quantitative estimate of drug-likeness (QED) is 0.654. The van der Waals surface area contributed by atoms with Crippen molar-refractivity contribution in [2.75, 3.05) is 0 Å². The summed E-state index contributed by atoms with van der Waals surface area (Å²) in [7, 11) is 0. The SMILES string of the molecule is CC1OCc2cc(O)ccc2C1=O. The third kappa shape index (κ3) is 1.31. The number of phenolic OH excluding ortho intramolecular Hbond substituents is 1. The number of benzene rings is 1. The molecule has 1 aromatic carbocycles. The molecule has 0 fully saturated rings. The number of ketones is 1. The van der Waals surface area contributed by atoms with E-state index in [1.54, 1.807) is 19.1 Å². The van der Waals surface area contributed by atoms with Crippen LogP contribution >= 0.6 is 0 Å². The van der Waals surface area contributed by atoms with Crippen molar-refractivity contribution in [2.24, 2.45) is 0 Å². The lowest BCUT2D eigenvalue weighted by atomic mass is 9.98. The van der Waals surface area contributed by atoms with E-state index in [0.29, 0.717) is 12.2 Å². The minimum absolute atomic E-state index is 0.0127. The molecule has 1 atom stereocenters. The molecular weight excluding hydrogens is 168 g/mol. The Kier molecular flexibility index (Phi) is 1.81. The van der Waals surface area contributed by atoms with Crippen molar-refractivity contribution in [3.8, 4) is 5.75 Å². The predicted molar refractivity (Wildman–Crippen MR) is 46.7 cm³/mol. The average molecular weight is 178 g/mol. The van der Waals surface area contributed by atoms with Crippen molar-refractivity contribution >= 4 is 5.78 Å². The monoisotopic (exact) mass is 178 g/mol. The molecule has 0 spiro atoms. The highest BCUT2D eigenvalue weighted by Crippen LogP contribution is 2.23. The van der Waals surface area contributed by atoms with Gasteiger partial charge >= 0.3 is 0 Å². The molecule has 1 heterocycles. The van der Waals surface area contributed by atoms with Gasteiger partial charge in [0.1, 0.15) is 11.9 Å². The van der Waals surface area contributed by atoms with E-state index in [-0.39, 0.29) is 17.6 Å². The van der Waals surface area contributed by atoms with Crippen LogP contribution in [0.1, 0.15) is 22.8 Å². The number of phenols is 1. The van der Waals surface area contributed by atoms with Crippen LogP contribution < -0.4 is 0 Å². The van der Waals surface area contributed by atoms with E-state index in [9.17, 15) is 9.90 Å². The van der Waals surface area contributed by atoms with E-state index in [0.717, 1.165) is 5.56 Å². The van der Waals surface area contributed by atoms with Crippen LogP contribution in [0.2, 0.25) is 0 Å². The van der Waals surface area contributed by atoms with Gasteiger partial charge in [0, 0.05) is 5.56 Å². The predicted octanol–water partition coefficient (Wildman–Crippen LogP) is 1.49. The fourth-order valence-electron chi connectivity index (χ4n) is 1.45. The first-order valence-electron chi connectivity index (χ1n) is 4.16. The van der Waals surface area contributed by atoms with Crippen molar-refractivity contribution in [3.05, 3.63) is 29.3 Å². The summed E-state index contributed by atoms with van der Waals surface area (Å²) in [5, 5.41) is 9.17. The highest BCUT2D eigenvalue weighted by Gasteiger charge is 2.24. The Morgan fingerprint density at radius 3 is 3.08 bits per heavy atom. The lowest BCUT2D eigenvalue weighted by molar-refractivity contribution is 0.0336. The molecule has 0 saturated heterocycles. The number of hydrogen-bond donors (Lipinski definition) is 1. The Balaban J connectivity index is 2.50. The second-order valence-corrected chi connectivity index (χ2v) is 3.16. The van der Waals surface area contributed by atoms with Crippen LogP contribution in [0.15, 0.2) is 18.2 Å². The summed E-state index contributed by atoms with van der Waals surface area (Å²) in [5.41, 5.74) is 1.43. The summed E-state index contributed by atoms with van der Waals surface area (Å²) in [6, 6.07) is 4.74. The maximum absolute atomic E-state index is 11.5. The van der Waals surface area contributed by atoms with E-state index in [4.69, 9.17) is 4.74 Å². The van der Waals surface area contributed by atoms with Gasteiger partial charge in [0.25, 0.3) is 0 Å². The molecule has 1 aliphatic heterocycles. The maximum Gasteiger partial charge on any atom is 0.191 e. The molecule has 0 amide bonds. The van der Waals surface area contributed by atoms with Crippen molar-refractivity contribution in [1.29, 1.82) is 0 Å². The molecule has 0 saturated carbocycles. The minimum Gasteiger partial charge on any atom is -0.508 e. The van der Waals surface area contributed by atoms with Gasteiger partial charge in [-0.3, -0.25) is 4.79 Å². The van der Waals surface area contributed by atoms with Gasteiger partial charge in [-0.25, -0.2) is 0 Å². The van der Waals surface area contributed by atoms with Crippen LogP contribution in [0.3, 0.4) is 0 Å². The Morgan fingerprint density at radius 1 is 1.54 bits per heavy atom. The van der Waals surface area contributed by atoms with Gasteiger partial charge in [-0.15, -0.1) is 0 Å². The molecule has 0 bridgehead atoms. The van der Waals surface area contributed by atoms with Crippen molar-refractivity contribution < 1.29 is 14.6 Å². The van der Waals surface area contributed by atoms with Gasteiger partial charge in [0.05, 0.1) is 6.61 Å². The molecule has 0 aromatic heterocycles. The normalized spacial score (nSPS) is 21.3. The summed E-state index contributed by atoms with van der Waals surface area (Å²) in [6.45, 7) is 2.13. The lowest BCUT2D eigenvalue weighted by Crippen LogP contribution is -2.26. The molecule has 0 aliphatic carbocycles. The van der Waals surface area contributed by atoms with E-state index < -0.39 is 0 Å². The summed E-state index contributed by atoms with van der Waals surface area (Å²) >= 11 is 0. The molecule has 1 N–H and O–H groups in total. The maximum atomic E-state index is 11.5. The van der Waals surface area contributed by atoms with E-state index >= 15 is 0 Å². The molecular formula is C10H10O3. The summed E-state index contributed by atoms with van der Waals surface area (Å²) in [6.07, 6.45) is -0.364. The highest BCUT2D eigenvalue weighted by molar-refractivity contribution is 6.01. The zero-order valence-corrected chi connectivity index (χ0v) is 7.28. The van der Waals surface area contributed by atoms with E-state index in [2.05, 4.69) is 0 Å². The molecule has 13 heavy (non-hydrogen) atoms. The zero-order chi connectivity index (χ0) is 9.42. The fraction of sp³-hybridized carbons (Fsp3) is 0.300. The number of ether oxygens (including phenoxy) is 1. The van der Waals surface area contributed by atoms with Crippen LogP contribution in [-0.4, -0.2) is 17.0 Å². The van der Waals surface area contributed by atoms with Crippen LogP contribution in [0, 0.1) is 0 Å². The molecule has 1 aliphatic rings. The third-order valence-electron chi connectivity index (χ3n) is 2.21. The standard InChI is InChI=1S/C10H10O3/c1-6-10(12)9-3-2-8(11)4-7(9)5-13-6/h2-4,6,11H,5H2,1H3. The fourth-order valence-corrected chi connectivity index (χ4v) is 1.45. The van der Waals surface area contributed by atoms with E-state index in [1.165, 1.54) is 6.07 Å². The smallest absolute Gasteiger partial charge is 0.191 e. The van der Waals surface area contributed by atoms with Crippen LogP contribution in [-0.2, 0) is 11.3 Å². The molecule has 68 valence electrons.